The maximum atomic E-state index is 3.90. The summed E-state index contributed by atoms with van der Waals surface area (Å²) < 4.78 is 0. The molecule has 0 unspecified atom stereocenters. The molecule has 15 heavy (non-hydrogen) atoms. The van der Waals surface area contributed by atoms with Crippen molar-refractivity contribution in [2.45, 2.75) is 77.9 Å². The first-order valence-electron chi connectivity index (χ1n) is 6.88. The molecule has 92 valence electrons. The van der Waals surface area contributed by atoms with Crippen molar-refractivity contribution in [2.24, 2.45) is 0 Å². The van der Waals surface area contributed by atoms with Gasteiger partial charge >= 0.3 is 0 Å². The van der Waals surface area contributed by atoms with Crippen LogP contribution in [-0.4, -0.2) is 14.8 Å². The van der Waals surface area contributed by atoms with E-state index in [4.69, 9.17) is 0 Å². The van der Waals surface area contributed by atoms with E-state index in [1.165, 1.54) is 37.8 Å². The predicted octanol–water partition coefficient (Wildman–Crippen LogP) is 4.55. The maximum absolute atomic E-state index is 3.90. The van der Waals surface area contributed by atoms with Crippen molar-refractivity contribution in [2.75, 3.05) is 6.54 Å². The molecule has 0 aromatic carbocycles. The summed E-state index contributed by atoms with van der Waals surface area (Å²) in [5.74, 6) is 0. The van der Waals surface area contributed by atoms with E-state index in [1.807, 2.05) is 0 Å². The van der Waals surface area contributed by atoms with Gasteiger partial charge in [-0.2, -0.15) is 0 Å². The van der Waals surface area contributed by atoms with E-state index in [1.54, 1.807) is 0 Å². The van der Waals surface area contributed by atoms with Gasteiger partial charge in [-0.3, -0.25) is 0 Å². The zero-order chi connectivity index (χ0) is 11.7. The van der Waals surface area contributed by atoms with Crippen LogP contribution in [0.2, 0.25) is 17.6 Å². The summed E-state index contributed by atoms with van der Waals surface area (Å²) in [7, 11) is -1.16. The minimum atomic E-state index is -1.16. The molecule has 0 rings (SSSR count). The Morgan fingerprint density at radius 1 is 0.933 bits per heavy atom. The number of rotatable bonds is 9. The van der Waals surface area contributed by atoms with Gasteiger partial charge in [0.1, 0.15) is 8.24 Å². The third-order valence-corrected chi connectivity index (χ3v) is 9.35. The predicted molar refractivity (Wildman–Crippen MR) is 74.0 cm³/mol. The van der Waals surface area contributed by atoms with Crippen LogP contribution in [0.3, 0.4) is 0 Å². The van der Waals surface area contributed by atoms with Crippen LogP contribution in [-0.2, 0) is 0 Å². The minimum absolute atomic E-state index is 0.885. The zero-order valence-electron chi connectivity index (χ0n) is 11.5. The zero-order valence-corrected chi connectivity index (χ0v) is 12.5. The van der Waals surface area contributed by atoms with Crippen molar-refractivity contribution >= 4 is 8.24 Å². The highest BCUT2D eigenvalue weighted by Crippen LogP contribution is 2.30. The van der Waals surface area contributed by atoms with Gasteiger partial charge in [-0.25, -0.2) is 0 Å². The summed E-state index contributed by atoms with van der Waals surface area (Å²) in [4.78, 5) is 3.90. The van der Waals surface area contributed by atoms with Crippen molar-refractivity contribution in [3.05, 3.63) is 0 Å². The maximum Gasteiger partial charge on any atom is 0.128 e. The fourth-order valence-electron chi connectivity index (χ4n) is 2.42. The fraction of sp³-hybridized carbons (Fsp3) is 1.00. The lowest BCUT2D eigenvalue weighted by Crippen LogP contribution is -2.52. The molecule has 0 amide bonds. The van der Waals surface area contributed by atoms with Gasteiger partial charge in [0.05, 0.1) is 0 Å². The Bertz CT molecular complexity index is 137. The van der Waals surface area contributed by atoms with E-state index >= 15 is 0 Å². The normalized spacial score (nSPS) is 12.4. The molecule has 0 radical (unpaired) electrons. The van der Waals surface area contributed by atoms with Gasteiger partial charge in [-0.15, -0.1) is 0 Å². The molecule has 1 N–H and O–H groups in total. The van der Waals surface area contributed by atoms with E-state index in [-0.39, 0.29) is 0 Å². The Labute approximate surface area is 98.1 Å². The van der Waals surface area contributed by atoms with Crippen LogP contribution >= 0.6 is 0 Å². The summed E-state index contributed by atoms with van der Waals surface area (Å²) in [5, 5.41) is 0. The average Bonchev–Trinajstić information content (AvgIpc) is 2.22. The van der Waals surface area contributed by atoms with E-state index in [0.29, 0.717) is 0 Å². The molecule has 0 bridgehead atoms. The molecule has 0 aromatic heterocycles. The highest BCUT2D eigenvalue weighted by Gasteiger charge is 2.34. The van der Waals surface area contributed by atoms with Crippen LogP contribution in [0, 0.1) is 0 Å². The second-order valence-corrected chi connectivity index (χ2v) is 9.87. The first-order valence-corrected chi connectivity index (χ1v) is 9.37. The summed E-state index contributed by atoms with van der Waals surface area (Å²) in [6.07, 6.45) is 5.53. The smallest absolute Gasteiger partial charge is 0.128 e. The summed E-state index contributed by atoms with van der Waals surface area (Å²) in [5.41, 5.74) is 0.885. The van der Waals surface area contributed by atoms with Gasteiger partial charge in [0.2, 0.25) is 0 Å². The summed E-state index contributed by atoms with van der Waals surface area (Å²) in [6, 6.07) is 2.96. The van der Waals surface area contributed by atoms with Crippen molar-refractivity contribution in [1.82, 2.24) is 4.98 Å². The Morgan fingerprint density at radius 2 is 1.40 bits per heavy atom. The molecule has 0 aliphatic rings. The largest absolute Gasteiger partial charge is 0.337 e. The molecule has 0 saturated heterocycles. The number of hydrogen-bond donors (Lipinski definition) is 1. The Hall–Kier alpha value is 0.177. The minimum Gasteiger partial charge on any atom is -0.337 e. The quantitative estimate of drug-likeness (QED) is 0.572. The SMILES string of the molecule is CCCC[Si](CCCC)(NCC)C(C)C. The first-order chi connectivity index (χ1) is 7.13. The lowest BCUT2D eigenvalue weighted by Gasteiger charge is -2.36. The highest BCUT2D eigenvalue weighted by molar-refractivity contribution is 6.78. The first kappa shape index (κ1) is 15.2. The molecule has 0 spiro atoms. The Morgan fingerprint density at radius 3 is 1.67 bits per heavy atom. The molecular weight excluding hydrogens is 198 g/mol. The van der Waals surface area contributed by atoms with E-state index in [0.717, 1.165) is 12.1 Å². The average molecular weight is 229 g/mol. The van der Waals surface area contributed by atoms with E-state index in [9.17, 15) is 0 Å². The van der Waals surface area contributed by atoms with Gasteiger partial charge in [0.15, 0.2) is 0 Å². The summed E-state index contributed by atoms with van der Waals surface area (Å²) in [6.45, 7) is 12.9. The van der Waals surface area contributed by atoms with Crippen LogP contribution in [0.4, 0.5) is 0 Å². The number of hydrogen-bond acceptors (Lipinski definition) is 1. The molecule has 0 saturated carbocycles. The molecule has 0 aliphatic heterocycles. The van der Waals surface area contributed by atoms with Crippen LogP contribution in [0.25, 0.3) is 0 Å². The fourth-order valence-corrected chi connectivity index (χ4v) is 7.26. The van der Waals surface area contributed by atoms with Gasteiger partial charge in [0, 0.05) is 0 Å². The molecule has 0 fully saturated rings. The topological polar surface area (TPSA) is 12.0 Å². The van der Waals surface area contributed by atoms with Crippen LogP contribution in [0.5, 0.6) is 0 Å². The molecule has 1 nitrogen and oxygen atoms in total. The van der Waals surface area contributed by atoms with Crippen LogP contribution in [0.15, 0.2) is 0 Å². The van der Waals surface area contributed by atoms with Gasteiger partial charge < -0.3 is 4.98 Å². The second kappa shape index (κ2) is 8.34. The van der Waals surface area contributed by atoms with E-state index in [2.05, 4.69) is 39.6 Å². The van der Waals surface area contributed by atoms with Gasteiger partial charge in [0.25, 0.3) is 0 Å². The summed E-state index contributed by atoms with van der Waals surface area (Å²) >= 11 is 0. The molecule has 0 atom stereocenters. The van der Waals surface area contributed by atoms with Crippen molar-refractivity contribution in [1.29, 1.82) is 0 Å². The third kappa shape index (κ3) is 5.16. The lowest BCUT2D eigenvalue weighted by atomic mass is 10.4. The standard InChI is InChI=1S/C13H31NSi/c1-6-9-11-15(13(4)5,14-8-3)12-10-7-2/h13-14H,6-12H2,1-5H3. The third-order valence-electron chi connectivity index (χ3n) is 3.59. The number of unbranched alkanes of at least 4 members (excludes halogenated alkanes) is 2. The van der Waals surface area contributed by atoms with Crippen LogP contribution < -0.4 is 4.98 Å². The monoisotopic (exact) mass is 229 g/mol. The second-order valence-electron chi connectivity index (χ2n) is 5.05. The van der Waals surface area contributed by atoms with E-state index < -0.39 is 8.24 Å². The molecule has 2 heteroatoms. The Balaban J connectivity index is 4.41. The number of nitrogens with one attached hydrogen (secondary N) is 1. The Kier molecular flexibility index (Phi) is 8.44. The lowest BCUT2D eigenvalue weighted by molar-refractivity contribution is 0.751. The molecule has 0 heterocycles. The molecule has 0 aliphatic carbocycles. The van der Waals surface area contributed by atoms with Crippen molar-refractivity contribution in [3.8, 4) is 0 Å². The highest BCUT2D eigenvalue weighted by atomic mass is 28.3. The molecular formula is C13H31NSi. The van der Waals surface area contributed by atoms with Crippen molar-refractivity contribution < 1.29 is 0 Å². The van der Waals surface area contributed by atoms with Crippen molar-refractivity contribution in [3.63, 3.8) is 0 Å². The van der Waals surface area contributed by atoms with Crippen LogP contribution in [0.1, 0.15) is 60.3 Å². The van der Waals surface area contributed by atoms with Gasteiger partial charge in [-0.05, 0) is 24.2 Å². The van der Waals surface area contributed by atoms with Gasteiger partial charge in [-0.1, -0.05) is 60.3 Å². The molecule has 0 aromatic rings.